The molecule has 1 atom stereocenters. The van der Waals surface area contributed by atoms with Crippen molar-refractivity contribution in [3.05, 3.63) is 66.1 Å². The van der Waals surface area contributed by atoms with Crippen LogP contribution in [0, 0.1) is 5.82 Å². The number of fused-ring (bicyclic) bond motifs is 3. The van der Waals surface area contributed by atoms with Crippen LogP contribution in [0.5, 0.6) is 0 Å². The van der Waals surface area contributed by atoms with E-state index >= 15 is 0 Å². The summed E-state index contributed by atoms with van der Waals surface area (Å²) in [5.41, 5.74) is 2.77. The average molecular weight is 394 g/mol. The van der Waals surface area contributed by atoms with Crippen LogP contribution in [-0.4, -0.2) is 33.4 Å². The second-order valence-corrected chi connectivity index (χ2v) is 7.62. The number of aromatic amines is 1. The molecule has 0 bridgehead atoms. The van der Waals surface area contributed by atoms with Gasteiger partial charge in [-0.3, -0.25) is 4.79 Å². The van der Waals surface area contributed by atoms with Crippen LogP contribution >= 0.6 is 11.8 Å². The van der Waals surface area contributed by atoms with Crippen molar-refractivity contribution in [2.45, 2.75) is 17.9 Å². The van der Waals surface area contributed by atoms with Gasteiger partial charge in [0, 0.05) is 22.8 Å². The molecule has 1 amide bonds. The number of hydrogen-bond donors (Lipinski definition) is 2. The van der Waals surface area contributed by atoms with E-state index in [-0.39, 0.29) is 23.4 Å². The lowest BCUT2D eigenvalue weighted by molar-refractivity contribution is -0.118. The fourth-order valence-corrected chi connectivity index (χ4v) is 3.91. The average Bonchev–Trinajstić information content (AvgIpc) is 3.09. The number of H-pyrrole nitrogens is 1. The highest BCUT2D eigenvalue weighted by Gasteiger charge is 2.13. The maximum absolute atomic E-state index is 13.6. The Morgan fingerprint density at radius 3 is 2.86 bits per heavy atom. The van der Waals surface area contributed by atoms with Crippen molar-refractivity contribution in [1.29, 1.82) is 0 Å². The first-order chi connectivity index (χ1) is 13.6. The van der Waals surface area contributed by atoms with Crippen LogP contribution in [0.25, 0.3) is 21.8 Å². The normalized spacial score (nSPS) is 12.4. The van der Waals surface area contributed by atoms with Gasteiger partial charge in [-0.25, -0.2) is 4.39 Å². The maximum atomic E-state index is 13.6. The molecule has 2 heterocycles. The van der Waals surface area contributed by atoms with Gasteiger partial charge in [-0.15, -0.1) is 5.10 Å². The second kappa shape index (κ2) is 7.98. The number of rotatable bonds is 6. The number of benzene rings is 2. The summed E-state index contributed by atoms with van der Waals surface area (Å²) in [6, 6.07) is 14.7. The minimum atomic E-state index is -0.300. The summed E-state index contributed by atoms with van der Waals surface area (Å²) in [6.45, 7) is 2.66. The molecule has 0 spiro atoms. The highest BCUT2D eigenvalue weighted by Crippen LogP contribution is 2.30. The maximum Gasteiger partial charge on any atom is 0.230 e. The molecule has 0 saturated heterocycles. The molecule has 4 aromatic rings. The van der Waals surface area contributed by atoms with Gasteiger partial charge in [-0.05, 0) is 29.7 Å². The molecule has 0 aliphatic heterocycles. The van der Waals surface area contributed by atoms with Gasteiger partial charge in [-0.2, -0.15) is 5.10 Å². The molecule has 0 aliphatic rings. The molecule has 7 heteroatoms. The lowest BCUT2D eigenvalue weighted by atomic mass is 10.0. The summed E-state index contributed by atoms with van der Waals surface area (Å²) in [6.07, 6.45) is 1.61. The van der Waals surface area contributed by atoms with E-state index in [2.05, 4.69) is 39.6 Å². The van der Waals surface area contributed by atoms with Crippen molar-refractivity contribution in [3.8, 4) is 0 Å². The van der Waals surface area contributed by atoms with Gasteiger partial charge in [0.25, 0.3) is 0 Å². The van der Waals surface area contributed by atoms with Gasteiger partial charge in [0.1, 0.15) is 10.8 Å². The van der Waals surface area contributed by atoms with Crippen molar-refractivity contribution >= 4 is 39.5 Å². The first kappa shape index (κ1) is 18.4. The van der Waals surface area contributed by atoms with E-state index in [9.17, 15) is 9.18 Å². The summed E-state index contributed by atoms with van der Waals surface area (Å²) in [4.78, 5) is 15.5. The predicted molar refractivity (Wildman–Crippen MR) is 110 cm³/mol. The van der Waals surface area contributed by atoms with Crippen molar-refractivity contribution < 1.29 is 9.18 Å². The number of thioether (sulfide) groups is 1. The number of carbonyl (C=O) groups excluding carboxylic acids is 1. The van der Waals surface area contributed by atoms with E-state index in [1.807, 2.05) is 18.2 Å². The zero-order valence-corrected chi connectivity index (χ0v) is 16.1. The first-order valence-electron chi connectivity index (χ1n) is 8.99. The van der Waals surface area contributed by atoms with E-state index < -0.39 is 0 Å². The molecule has 5 nitrogen and oxygen atoms in total. The molecule has 0 unspecified atom stereocenters. The zero-order chi connectivity index (χ0) is 19.5. The number of halogens is 1. The Kier molecular flexibility index (Phi) is 5.25. The lowest BCUT2D eigenvalue weighted by Gasteiger charge is -2.12. The molecule has 4 rings (SSSR count). The molecule has 28 heavy (non-hydrogen) atoms. The SMILES string of the molecule is C[C@H](CNC(=O)CSc1nncc2c1[nH]c1ccc(F)cc12)c1ccccc1. The molecule has 2 aromatic carbocycles. The largest absolute Gasteiger partial charge is 0.355 e. The van der Waals surface area contributed by atoms with Crippen LogP contribution in [0.4, 0.5) is 4.39 Å². The lowest BCUT2D eigenvalue weighted by Crippen LogP contribution is -2.29. The third-order valence-corrected chi connectivity index (χ3v) is 5.63. The van der Waals surface area contributed by atoms with Gasteiger partial charge in [0.05, 0.1) is 17.5 Å². The minimum absolute atomic E-state index is 0.0614. The van der Waals surface area contributed by atoms with Gasteiger partial charge in [0.2, 0.25) is 5.91 Å². The zero-order valence-electron chi connectivity index (χ0n) is 15.3. The number of hydrogen-bond acceptors (Lipinski definition) is 4. The molecule has 142 valence electrons. The van der Waals surface area contributed by atoms with E-state index in [4.69, 9.17) is 0 Å². The third-order valence-electron chi connectivity index (χ3n) is 4.66. The Hall–Kier alpha value is -2.93. The number of aromatic nitrogens is 3. The van der Waals surface area contributed by atoms with E-state index in [0.29, 0.717) is 11.6 Å². The van der Waals surface area contributed by atoms with Crippen molar-refractivity contribution in [1.82, 2.24) is 20.5 Å². The molecule has 0 aliphatic carbocycles. The van der Waals surface area contributed by atoms with Crippen LogP contribution < -0.4 is 5.32 Å². The third kappa shape index (κ3) is 3.84. The standard InChI is InChI=1S/C21H19FN4OS/c1-13(14-5-3-2-4-6-14)10-23-19(27)12-28-21-20-17(11-24-26-21)16-9-15(22)7-8-18(16)25-20/h2-9,11,13,25H,10,12H2,1H3,(H,23,27)/t13-/m1/s1. The highest BCUT2D eigenvalue weighted by atomic mass is 32.2. The van der Waals surface area contributed by atoms with Crippen molar-refractivity contribution in [3.63, 3.8) is 0 Å². The van der Waals surface area contributed by atoms with E-state index in [0.717, 1.165) is 21.8 Å². The fraction of sp³-hybridized carbons (Fsp3) is 0.190. The predicted octanol–water partition coefficient (Wildman–Crippen LogP) is 4.26. The Balaban J connectivity index is 1.42. The van der Waals surface area contributed by atoms with Gasteiger partial charge in [-0.1, -0.05) is 49.0 Å². The van der Waals surface area contributed by atoms with Crippen LogP contribution in [0.2, 0.25) is 0 Å². The monoisotopic (exact) mass is 394 g/mol. The summed E-state index contributed by atoms with van der Waals surface area (Å²) in [5.74, 6) is 0.112. The van der Waals surface area contributed by atoms with Crippen LogP contribution in [0.3, 0.4) is 0 Å². The number of nitrogens with zero attached hydrogens (tertiary/aromatic N) is 2. The minimum Gasteiger partial charge on any atom is -0.355 e. The Labute approximate surface area is 165 Å². The van der Waals surface area contributed by atoms with Crippen LogP contribution in [-0.2, 0) is 4.79 Å². The number of carbonyl (C=O) groups is 1. The summed E-state index contributed by atoms with van der Waals surface area (Å²) >= 11 is 1.31. The Bertz CT molecular complexity index is 1130. The van der Waals surface area contributed by atoms with Gasteiger partial charge in [0.15, 0.2) is 0 Å². The molecule has 0 saturated carbocycles. The van der Waals surface area contributed by atoms with Gasteiger partial charge >= 0.3 is 0 Å². The topological polar surface area (TPSA) is 70.7 Å². The van der Waals surface area contributed by atoms with Crippen LogP contribution in [0.15, 0.2) is 59.8 Å². The second-order valence-electron chi connectivity index (χ2n) is 6.66. The summed E-state index contributed by atoms with van der Waals surface area (Å²) in [7, 11) is 0. The highest BCUT2D eigenvalue weighted by molar-refractivity contribution is 8.00. The molecule has 2 aromatic heterocycles. The Morgan fingerprint density at radius 1 is 1.21 bits per heavy atom. The summed E-state index contributed by atoms with van der Waals surface area (Å²) < 4.78 is 13.6. The molecular formula is C21H19FN4OS. The molecular weight excluding hydrogens is 375 g/mol. The van der Waals surface area contributed by atoms with Crippen LogP contribution in [0.1, 0.15) is 18.4 Å². The van der Waals surface area contributed by atoms with Crippen molar-refractivity contribution in [2.24, 2.45) is 0 Å². The first-order valence-corrected chi connectivity index (χ1v) is 9.97. The fourth-order valence-electron chi connectivity index (χ4n) is 3.13. The van der Waals surface area contributed by atoms with Crippen molar-refractivity contribution in [2.75, 3.05) is 12.3 Å². The summed E-state index contributed by atoms with van der Waals surface area (Å²) in [5, 5.41) is 13.3. The molecule has 2 N–H and O–H groups in total. The Morgan fingerprint density at radius 2 is 2.04 bits per heavy atom. The van der Waals surface area contributed by atoms with Gasteiger partial charge < -0.3 is 10.3 Å². The van der Waals surface area contributed by atoms with E-state index in [1.54, 1.807) is 12.3 Å². The molecule has 0 fully saturated rings. The molecule has 0 radical (unpaired) electrons. The number of nitrogens with one attached hydrogen (secondary N) is 2. The smallest absolute Gasteiger partial charge is 0.230 e. The quantitative estimate of drug-likeness (QED) is 0.479. The van der Waals surface area contributed by atoms with E-state index in [1.165, 1.54) is 29.5 Å². The number of amides is 1.